The van der Waals surface area contributed by atoms with Crippen LogP contribution in [0.3, 0.4) is 0 Å². The molecule has 0 aliphatic carbocycles. The molecule has 0 spiro atoms. The van der Waals surface area contributed by atoms with E-state index in [1.54, 1.807) is 0 Å². The Kier molecular flexibility index (Phi) is 3.31. The number of aliphatic hydroxyl groups excluding tert-OH is 1. The van der Waals surface area contributed by atoms with Crippen LogP contribution in [-0.2, 0) is 6.54 Å². The third kappa shape index (κ3) is 2.39. The van der Waals surface area contributed by atoms with Crippen molar-refractivity contribution in [2.45, 2.75) is 25.4 Å². The summed E-state index contributed by atoms with van der Waals surface area (Å²) in [6.45, 7) is 1.57. The fourth-order valence-corrected chi connectivity index (χ4v) is 2.68. The van der Waals surface area contributed by atoms with Crippen molar-refractivity contribution in [3.63, 3.8) is 0 Å². The lowest BCUT2D eigenvalue weighted by atomic mass is 10.2. The Morgan fingerprint density at radius 2 is 2.26 bits per heavy atom. The maximum atomic E-state index is 12.0. The lowest BCUT2D eigenvalue weighted by Crippen LogP contribution is -2.34. The zero-order valence-corrected chi connectivity index (χ0v) is 10.7. The van der Waals surface area contributed by atoms with Crippen LogP contribution in [0, 0.1) is 0 Å². The number of likely N-dealkylation sites (tertiary alicyclic amines) is 1. The highest BCUT2D eigenvalue weighted by Gasteiger charge is 2.24. The first-order valence-electron chi connectivity index (χ1n) is 6.61. The minimum absolute atomic E-state index is 0.137. The van der Waals surface area contributed by atoms with Gasteiger partial charge in [0, 0.05) is 12.6 Å². The number of para-hydroxylation sites is 2. The van der Waals surface area contributed by atoms with Crippen molar-refractivity contribution in [2.75, 3.05) is 13.2 Å². The monoisotopic (exact) mass is 259 g/mol. The number of nitrogens with one attached hydrogen (secondary N) is 1. The van der Waals surface area contributed by atoms with Crippen LogP contribution in [0.15, 0.2) is 29.1 Å². The minimum Gasteiger partial charge on any atom is -0.395 e. The second kappa shape index (κ2) is 5.11. The average Bonchev–Trinajstić information content (AvgIpc) is 2.87. The van der Waals surface area contributed by atoms with Gasteiger partial charge in [-0.25, -0.2) is 4.98 Å². The summed E-state index contributed by atoms with van der Waals surface area (Å²) in [5, 5.41) is 9.31. The molecule has 5 heteroatoms. The molecule has 2 heterocycles. The molecule has 1 aromatic carbocycles. The van der Waals surface area contributed by atoms with Gasteiger partial charge in [-0.05, 0) is 31.5 Å². The molecule has 1 atom stereocenters. The van der Waals surface area contributed by atoms with Gasteiger partial charge in [0.15, 0.2) is 0 Å². The summed E-state index contributed by atoms with van der Waals surface area (Å²) in [7, 11) is 0. The third-order valence-electron chi connectivity index (χ3n) is 3.73. The smallest absolute Gasteiger partial charge is 0.271 e. The van der Waals surface area contributed by atoms with Crippen LogP contribution in [0.4, 0.5) is 0 Å². The largest absolute Gasteiger partial charge is 0.395 e. The summed E-state index contributed by atoms with van der Waals surface area (Å²) in [6.07, 6.45) is 2.05. The molecule has 1 saturated heterocycles. The van der Waals surface area contributed by atoms with E-state index in [1.807, 2.05) is 24.3 Å². The van der Waals surface area contributed by atoms with Gasteiger partial charge in [0.2, 0.25) is 0 Å². The van der Waals surface area contributed by atoms with Gasteiger partial charge in [-0.2, -0.15) is 0 Å². The van der Waals surface area contributed by atoms with Crippen LogP contribution in [0.5, 0.6) is 0 Å². The van der Waals surface area contributed by atoms with Gasteiger partial charge in [0.05, 0.1) is 17.6 Å². The Morgan fingerprint density at radius 1 is 1.42 bits per heavy atom. The van der Waals surface area contributed by atoms with Gasteiger partial charge in [-0.1, -0.05) is 12.1 Å². The molecule has 3 rings (SSSR count). The number of nitrogens with zero attached hydrogens (tertiary/aromatic N) is 2. The van der Waals surface area contributed by atoms with Gasteiger partial charge in [0.25, 0.3) is 5.56 Å². The van der Waals surface area contributed by atoms with Gasteiger partial charge < -0.3 is 10.1 Å². The van der Waals surface area contributed by atoms with Gasteiger partial charge in [-0.3, -0.25) is 9.69 Å². The van der Waals surface area contributed by atoms with Crippen molar-refractivity contribution >= 4 is 11.0 Å². The summed E-state index contributed by atoms with van der Waals surface area (Å²) in [6, 6.07) is 7.68. The Balaban J connectivity index is 1.92. The second-order valence-corrected chi connectivity index (χ2v) is 4.98. The lowest BCUT2D eigenvalue weighted by molar-refractivity contribution is 0.152. The molecule has 2 aromatic rings. The highest BCUT2D eigenvalue weighted by Crippen LogP contribution is 2.18. The van der Waals surface area contributed by atoms with E-state index < -0.39 is 0 Å². The topological polar surface area (TPSA) is 69.2 Å². The zero-order chi connectivity index (χ0) is 13.2. The van der Waals surface area contributed by atoms with Gasteiger partial charge >= 0.3 is 0 Å². The predicted octanol–water partition coefficient (Wildman–Crippen LogP) is 0.880. The quantitative estimate of drug-likeness (QED) is 0.858. The number of hydrogen-bond donors (Lipinski definition) is 2. The molecule has 0 saturated carbocycles. The lowest BCUT2D eigenvalue weighted by Gasteiger charge is -2.21. The molecule has 19 heavy (non-hydrogen) atoms. The van der Waals surface area contributed by atoms with Crippen molar-refractivity contribution < 1.29 is 5.11 Å². The van der Waals surface area contributed by atoms with Crippen molar-refractivity contribution in [1.82, 2.24) is 14.9 Å². The Bertz CT molecular complexity index is 638. The predicted molar refractivity (Wildman–Crippen MR) is 72.9 cm³/mol. The highest BCUT2D eigenvalue weighted by atomic mass is 16.3. The Hall–Kier alpha value is -1.72. The average molecular weight is 259 g/mol. The van der Waals surface area contributed by atoms with Crippen LogP contribution < -0.4 is 5.56 Å². The van der Waals surface area contributed by atoms with E-state index in [1.165, 1.54) is 0 Å². The van der Waals surface area contributed by atoms with Crippen LogP contribution in [0.1, 0.15) is 18.5 Å². The number of rotatable bonds is 3. The van der Waals surface area contributed by atoms with E-state index in [0.29, 0.717) is 12.2 Å². The maximum absolute atomic E-state index is 12.0. The fraction of sp³-hybridized carbons (Fsp3) is 0.429. The molecule has 1 fully saturated rings. The third-order valence-corrected chi connectivity index (χ3v) is 3.73. The number of aromatic amines is 1. The number of H-pyrrole nitrogens is 1. The molecule has 0 bridgehead atoms. The molecule has 1 aliphatic rings. The van der Waals surface area contributed by atoms with Crippen LogP contribution in [0.25, 0.3) is 11.0 Å². The van der Waals surface area contributed by atoms with E-state index in [0.717, 1.165) is 30.4 Å². The molecule has 2 N–H and O–H groups in total. The molecule has 0 unspecified atom stereocenters. The Labute approximate surface area is 110 Å². The number of aliphatic hydroxyl groups is 1. The SMILES string of the molecule is O=c1[nH]c2ccccc2nc1CN1CCC[C@@H]1CO. The van der Waals surface area contributed by atoms with Gasteiger partial charge in [0.1, 0.15) is 5.69 Å². The van der Waals surface area contributed by atoms with Crippen molar-refractivity contribution in [3.05, 3.63) is 40.3 Å². The van der Waals surface area contributed by atoms with Crippen LogP contribution >= 0.6 is 0 Å². The van der Waals surface area contributed by atoms with Crippen molar-refractivity contribution in [1.29, 1.82) is 0 Å². The normalized spacial score (nSPS) is 20.2. The molecule has 5 nitrogen and oxygen atoms in total. The second-order valence-electron chi connectivity index (χ2n) is 4.98. The van der Waals surface area contributed by atoms with E-state index in [-0.39, 0.29) is 18.2 Å². The van der Waals surface area contributed by atoms with Gasteiger partial charge in [-0.15, -0.1) is 0 Å². The highest BCUT2D eigenvalue weighted by molar-refractivity contribution is 5.73. The number of aromatic nitrogens is 2. The molecule has 0 amide bonds. The standard InChI is InChI=1S/C14H17N3O2/c18-9-10-4-3-7-17(10)8-13-14(19)16-12-6-2-1-5-11(12)15-13/h1-2,5-6,10,18H,3-4,7-9H2,(H,16,19)/t10-/m1/s1. The maximum Gasteiger partial charge on any atom is 0.271 e. The summed E-state index contributed by atoms with van der Waals surface area (Å²) in [4.78, 5) is 21.4. The van der Waals surface area contributed by atoms with E-state index in [4.69, 9.17) is 0 Å². The summed E-state index contributed by atoms with van der Waals surface area (Å²) in [5.74, 6) is 0. The molecular weight excluding hydrogens is 242 g/mol. The van der Waals surface area contributed by atoms with E-state index in [9.17, 15) is 9.90 Å². The summed E-state index contributed by atoms with van der Waals surface area (Å²) >= 11 is 0. The molecule has 100 valence electrons. The van der Waals surface area contributed by atoms with Crippen molar-refractivity contribution in [2.24, 2.45) is 0 Å². The molecule has 0 radical (unpaired) electrons. The Morgan fingerprint density at radius 3 is 3.11 bits per heavy atom. The van der Waals surface area contributed by atoms with E-state index in [2.05, 4.69) is 14.9 Å². The van der Waals surface area contributed by atoms with Crippen molar-refractivity contribution in [3.8, 4) is 0 Å². The first-order chi connectivity index (χ1) is 9.28. The summed E-state index contributed by atoms with van der Waals surface area (Å²) < 4.78 is 0. The number of benzene rings is 1. The molecule has 1 aliphatic heterocycles. The minimum atomic E-state index is -0.137. The molecule has 1 aromatic heterocycles. The fourth-order valence-electron chi connectivity index (χ4n) is 2.68. The first-order valence-corrected chi connectivity index (χ1v) is 6.61. The zero-order valence-electron chi connectivity index (χ0n) is 10.7. The summed E-state index contributed by atoms with van der Waals surface area (Å²) in [5.41, 5.74) is 1.95. The number of hydrogen-bond acceptors (Lipinski definition) is 4. The molecular formula is C14H17N3O2. The van der Waals surface area contributed by atoms with E-state index >= 15 is 0 Å². The number of fused-ring (bicyclic) bond motifs is 1. The van der Waals surface area contributed by atoms with Crippen LogP contribution in [-0.4, -0.2) is 39.2 Å². The van der Waals surface area contributed by atoms with Crippen LogP contribution in [0.2, 0.25) is 0 Å². The first kappa shape index (κ1) is 12.3.